The second-order valence-electron chi connectivity index (χ2n) is 8.56. The minimum Gasteiger partial charge on any atom is -0.491 e. The van der Waals surface area contributed by atoms with Gasteiger partial charge in [-0.05, 0) is 74.0 Å². The van der Waals surface area contributed by atoms with E-state index in [0.29, 0.717) is 19.7 Å². The molecule has 1 aliphatic rings. The fraction of sp³-hybridized carbons (Fsp3) is 0.333. The maximum absolute atomic E-state index is 13.6. The predicted octanol–water partition coefficient (Wildman–Crippen LogP) is 5.17. The van der Waals surface area contributed by atoms with Gasteiger partial charge in [0, 0.05) is 23.5 Å². The summed E-state index contributed by atoms with van der Waals surface area (Å²) < 4.78 is 19.8. The van der Waals surface area contributed by atoms with Crippen molar-refractivity contribution in [3.8, 4) is 5.75 Å². The van der Waals surface area contributed by atoms with Gasteiger partial charge in [-0.25, -0.2) is 4.39 Å². The number of thiophene rings is 1. The lowest BCUT2D eigenvalue weighted by Crippen LogP contribution is -2.47. The molecule has 7 heteroatoms. The van der Waals surface area contributed by atoms with E-state index in [2.05, 4.69) is 17.5 Å². The molecule has 2 amide bonds. The molecule has 2 heterocycles. The number of amides is 2. The number of nitrogens with zero attached hydrogens (tertiary/aromatic N) is 2. The number of carbonyl (C=O) groups is 2. The third-order valence-electron chi connectivity index (χ3n) is 6.21. The average Bonchev–Trinajstić information content (AvgIpc) is 3.30. The Bertz CT molecular complexity index is 1190. The Morgan fingerprint density at radius 3 is 2.74 bits per heavy atom. The summed E-state index contributed by atoms with van der Waals surface area (Å²) in [5, 5.41) is 2.05. The summed E-state index contributed by atoms with van der Waals surface area (Å²) in [6.07, 6.45) is 0.781. The Balaban J connectivity index is 1.52. The van der Waals surface area contributed by atoms with Crippen molar-refractivity contribution in [1.82, 2.24) is 9.80 Å². The van der Waals surface area contributed by atoms with Gasteiger partial charge < -0.3 is 14.5 Å². The third-order valence-corrected chi connectivity index (χ3v) is 7.21. The first-order valence-electron chi connectivity index (χ1n) is 11.5. The number of halogens is 1. The van der Waals surface area contributed by atoms with E-state index in [1.165, 1.54) is 33.5 Å². The molecule has 2 aromatic carbocycles. The number of hydrogen-bond acceptors (Lipinski definition) is 4. The quantitative estimate of drug-likeness (QED) is 0.469. The van der Waals surface area contributed by atoms with E-state index in [9.17, 15) is 14.0 Å². The van der Waals surface area contributed by atoms with Gasteiger partial charge in [0.05, 0.1) is 6.04 Å². The highest BCUT2D eigenvalue weighted by Gasteiger charge is 2.33. The average molecular weight is 481 g/mol. The van der Waals surface area contributed by atoms with Gasteiger partial charge in [-0.1, -0.05) is 23.8 Å². The van der Waals surface area contributed by atoms with Crippen LogP contribution >= 0.6 is 11.3 Å². The highest BCUT2D eigenvalue weighted by atomic mass is 32.1. The van der Waals surface area contributed by atoms with E-state index >= 15 is 0 Å². The molecule has 1 aromatic heterocycles. The molecular weight excluding hydrogens is 451 g/mol. The Kier molecular flexibility index (Phi) is 7.32. The van der Waals surface area contributed by atoms with E-state index in [-0.39, 0.29) is 30.0 Å². The largest absolute Gasteiger partial charge is 0.491 e. The number of rotatable bonds is 7. The summed E-state index contributed by atoms with van der Waals surface area (Å²) in [4.78, 5) is 30.9. The lowest BCUT2D eigenvalue weighted by molar-refractivity contribution is -0.135. The topological polar surface area (TPSA) is 49.9 Å². The molecule has 178 valence electrons. The molecule has 1 aliphatic heterocycles. The van der Waals surface area contributed by atoms with Crippen LogP contribution < -0.4 is 4.74 Å². The summed E-state index contributed by atoms with van der Waals surface area (Å²) >= 11 is 1.70. The van der Waals surface area contributed by atoms with Crippen molar-refractivity contribution in [2.24, 2.45) is 0 Å². The van der Waals surface area contributed by atoms with E-state index < -0.39 is 5.82 Å². The molecule has 3 aromatic rings. The normalized spacial score (nSPS) is 15.1. The van der Waals surface area contributed by atoms with Crippen molar-refractivity contribution in [2.75, 3.05) is 26.2 Å². The predicted molar refractivity (Wildman–Crippen MR) is 132 cm³/mol. The van der Waals surface area contributed by atoms with Crippen LogP contribution in [-0.2, 0) is 11.2 Å². The molecule has 34 heavy (non-hydrogen) atoms. The third kappa shape index (κ3) is 5.14. The molecule has 4 rings (SSSR count). The molecule has 0 bridgehead atoms. The van der Waals surface area contributed by atoms with Crippen molar-refractivity contribution >= 4 is 23.2 Å². The lowest BCUT2D eigenvalue weighted by Gasteiger charge is -2.37. The van der Waals surface area contributed by atoms with E-state index in [1.54, 1.807) is 17.4 Å². The summed E-state index contributed by atoms with van der Waals surface area (Å²) in [6.45, 7) is 7.06. The van der Waals surface area contributed by atoms with Crippen LogP contribution in [0.4, 0.5) is 4.39 Å². The summed E-state index contributed by atoms with van der Waals surface area (Å²) in [7, 11) is 0. The van der Waals surface area contributed by atoms with Crippen LogP contribution in [0.3, 0.4) is 0 Å². The van der Waals surface area contributed by atoms with Gasteiger partial charge in [-0.3, -0.25) is 9.59 Å². The van der Waals surface area contributed by atoms with Gasteiger partial charge in [0.2, 0.25) is 5.91 Å². The Morgan fingerprint density at radius 1 is 1.18 bits per heavy atom. The lowest BCUT2D eigenvalue weighted by atomic mass is 10.00. The number of likely N-dealkylation sites (N-methyl/N-ethyl adjacent to an activating group) is 1. The molecule has 0 aliphatic carbocycles. The van der Waals surface area contributed by atoms with Gasteiger partial charge in [-0.2, -0.15) is 0 Å². The molecule has 1 unspecified atom stereocenters. The van der Waals surface area contributed by atoms with Crippen molar-refractivity contribution in [3.63, 3.8) is 0 Å². The number of benzene rings is 2. The molecule has 0 fully saturated rings. The minimum atomic E-state index is -0.474. The van der Waals surface area contributed by atoms with Gasteiger partial charge in [0.25, 0.3) is 5.91 Å². The number of fused-ring (bicyclic) bond motifs is 1. The van der Waals surface area contributed by atoms with E-state index in [0.717, 1.165) is 23.3 Å². The smallest absolute Gasteiger partial charge is 0.254 e. The van der Waals surface area contributed by atoms with Crippen LogP contribution in [0.25, 0.3) is 0 Å². The van der Waals surface area contributed by atoms with Crippen molar-refractivity contribution in [2.45, 2.75) is 33.2 Å². The van der Waals surface area contributed by atoms with Crippen LogP contribution in [0, 0.1) is 19.7 Å². The number of ether oxygens (including phenoxy) is 1. The van der Waals surface area contributed by atoms with Crippen LogP contribution in [0.15, 0.2) is 53.9 Å². The number of aryl methyl sites for hydroxylation is 2. The summed E-state index contributed by atoms with van der Waals surface area (Å²) in [5.74, 6) is -0.168. The van der Waals surface area contributed by atoms with Gasteiger partial charge in [-0.15, -0.1) is 11.3 Å². The van der Waals surface area contributed by atoms with Crippen LogP contribution in [0.2, 0.25) is 0 Å². The van der Waals surface area contributed by atoms with Crippen molar-refractivity contribution in [3.05, 3.63) is 86.9 Å². The number of carbonyl (C=O) groups excluding carboxylic acids is 2. The first kappa shape index (κ1) is 24.0. The summed E-state index contributed by atoms with van der Waals surface area (Å²) in [6, 6.07) is 13.4. The zero-order valence-electron chi connectivity index (χ0n) is 19.7. The van der Waals surface area contributed by atoms with E-state index in [1.807, 2.05) is 37.8 Å². The second kappa shape index (κ2) is 10.4. The highest BCUT2D eigenvalue weighted by molar-refractivity contribution is 7.10. The zero-order valence-corrected chi connectivity index (χ0v) is 20.5. The Hall–Kier alpha value is -3.19. The standard InChI is InChI=1S/C27H29FN2O3S/c1-4-29(27(32)20-6-5-7-21(28)15-20)16-26(31)30-12-10-25-22(11-13-34-25)23(30)17-33-24-9-8-18(2)14-19(24)3/h5-9,11,13-15,23H,4,10,12,16-17H2,1-3H3. The molecule has 1 atom stereocenters. The van der Waals surface area contributed by atoms with Gasteiger partial charge in [0.1, 0.15) is 24.7 Å². The first-order valence-corrected chi connectivity index (χ1v) is 12.4. The first-order chi connectivity index (χ1) is 16.4. The summed E-state index contributed by atoms with van der Waals surface area (Å²) in [5.41, 5.74) is 3.57. The maximum Gasteiger partial charge on any atom is 0.254 e. The monoisotopic (exact) mass is 480 g/mol. The van der Waals surface area contributed by atoms with Gasteiger partial charge in [0.15, 0.2) is 0 Å². The van der Waals surface area contributed by atoms with Crippen molar-refractivity contribution in [1.29, 1.82) is 0 Å². The van der Waals surface area contributed by atoms with Crippen molar-refractivity contribution < 1.29 is 18.7 Å². The van der Waals surface area contributed by atoms with Gasteiger partial charge >= 0.3 is 0 Å². The highest BCUT2D eigenvalue weighted by Crippen LogP contribution is 2.34. The second-order valence-corrected chi connectivity index (χ2v) is 9.56. The molecule has 0 saturated carbocycles. The molecule has 0 saturated heterocycles. The van der Waals surface area contributed by atoms with Crippen LogP contribution in [0.1, 0.15) is 44.9 Å². The zero-order chi connectivity index (χ0) is 24.2. The number of hydrogen-bond donors (Lipinski definition) is 0. The Morgan fingerprint density at radius 2 is 2.00 bits per heavy atom. The van der Waals surface area contributed by atoms with E-state index in [4.69, 9.17) is 4.74 Å². The molecule has 0 radical (unpaired) electrons. The SMILES string of the molecule is CCN(CC(=O)N1CCc2sccc2C1COc1ccc(C)cc1C)C(=O)c1cccc(F)c1. The minimum absolute atomic E-state index is 0.0641. The molecular formula is C27H29FN2O3S. The fourth-order valence-corrected chi connectivity index (χ4v) is 5.32. The maximum atomic E-state index is 13.6. The Labute approximate surface area is 203 Å². The molecule has 5 nitrogen and oxygen atoms in total. The molecule has 0 N–H and O–H groups in total. The molecule has 0 spiro atoms. The van der Waals surface area contributed by atoms with Crippen LogP contribution in [0.5, 0.6) is 5.75 Å². The fourth-order valence-electron chi connectivity index (χ4n) is 4.39. The van der Waals surface area contributed by atoms with Crippen LogP contribution in [-0.4, -0.2) is 47.9 Å².